The van der Waals surface area contributed by atoms with Gasteiger partial charge < -0.3 is 9.64 Å². The summed E-state index contributed by atoms with van der Waals surface area (Å²) in [6.07, 6.45) is 0. The van der Waals surface area contributed by atoms with Gasteiger partial charge in [0.1, 0.15) is 5.82 Å². The molecule has 3 heteroatoms. The normalized spacial score (nSPS) is 17.5. The minimum atomic E-state index is -0.177. The molecule has 0 N–H and O–H groups in total. The first-order valence-corrected chi connectivity index (χ1v) is 4.44. The molecular weight excluding hydrogens is 168 g/mol. The molecule has 0 amide bonds. The van der Waals surface area contributed by atoms with Crippen molar-refractivity contribution in [1.29, 1.82) is 0 Å². The number of hydrogen-bond donors (Lipinski definition) is 0. The second-order valence-electron chi connectivity index (χ2n) is 3.08. The maximum atomic E-state index is 12.9. The molecule has 1 aliphatic rings. The molecule has 0 aromatic heterocycles. The predicted octanol–water partition coefficient (Wildman–Crippen LogP) is 1.66. The Morgan fingerprint density at radius 2 is 2.00 bits per heavy atom. The number of rotatable bonds is 1. The number of hydrogen-bond acceptors (Lipinski definition) is 2. The van der Waals surface area contributed by atoms with Gasteiger partial charge in [0, 0.05) is 18.8 Å². The third kappa shape index (κ3) is 1.98. The van der Waals surface area contributed by atoms with Gasteiger partial charge in [0.2, 0.25) is 0 Å². The zero-order chi connectivity index (χ0) is 9.10. The van der Waals surface area contributed by atoms with Crippen molar-refractivity contribution in [1.82, 2.24) is 0 Å². The van der Waals surface area contributed by atoms with Crippen molar-refractivity contribution in [3.8, 4) is 0 Å². The van der Waals surface area contributed by atoms with Crippen LogP contribution < -0.4 is 4.90 Å². The summed E-state index contributed by atoms with van der Waals surface area (Å²) in [5, 5.41) is 0. The monoisotopic (exact) mass is 180 g/mol. The van der Waals surface area contributed by atoms with Gasteiger partial charge in [-0.2, -0.15) is 0 Å². The summed E-state index contributed by atoms with van der Waals surface area (Å²) >= 11 is 0. The lowest BCUT2D eigenvalue weighted by atomic mass is 10.2. The zero-order valence-corrected chi connectivity index (χ0v) is 7.37. The maximum Gasteiger partial charge on any atom is 0.125 e. The summed E-state index contributed by atoms with van der Waals surface area (Å²) in [5.74, 6) is -0.177. The first kappa shape index (κ1) is 8.51. The van der Waals surface area contributed by atoms with E-state index in [-0.39, 0.29) is 5.82 Å². The molecular formula is C10H12FNO. The molecule has 0 unspecified atom stereocenters. The highest BCUT2D eigenvalue weighted by atomic mass is 18.2. The summed E-state index contributed by atoms with van der Waals surface area (Å²) in [7, 11) is 0. The molecule has 0 spiro atoms. The third-order valence-corrected chi connectivity index (χ3v) is 2.18. The van der Waals surface area contributed by atoms with Crippen LogP contribution >= 0.6 is 0 Å². The van der Waals surface area contributed by atoms with Crippen LogP contribution in [0.5, 0.6) is 0 Å². The molecule has 1 aliphatic heterocycles. The lowest BCUT2D eigenvalue weighted by molar-refractivity contribution is 0.122. The Hall–Kier alpha value is -1.09. The summed E-state index contributed by atoms with van der Waals surface area (Å²) in [5.41, 5.74) is 0.948. The third-order valence-electron chi connectivity index (χ3n) is 2.18. The average Bonchev–Trinajstić information content (AvgIpc) is 2.19. The minimum Gasteiger partial charge on any atom is -0.378 e. The number of anilines is 1. The highest BCUT2D eigenvalue weighted by Crippen LogP contribution is 2.16. The molecule has 1 aromatic carbocycles. The van der Waals surface area contributed by atoms with Crippen LogP contribution in [-0.2, 0) is 4.74 Å². The average molecular weight is 180 g/mol. The number of benzene rings is 1. The Morgan fingerprint density at radius 3 is 2.69 bits per heavy atom. The van der Waals surface area contributed by atoms with E-state index in [4.69, 9.17) is 4.74 Å². The fourth-order valence-corrected chi connectivity index (χ4v) is 1.49. The van der Waals surface area contributed by atoms with Gasteiger partial charge in [0.05, 0.1) is 13.2 Å². The first-order chi connectivity index (χ1) is 6.36. The SMILES string of the molecule is [18F]c1cccc(N2CCOCC2)c1. The fourth-order valence-electron chi connectivity index (χ4n) is 1.49. The number of halogens is 1. The first-order valence-electron chi connectivity index (χ1n) is 4.44. The minimum absolute atomic E-state index is 0.177. The second kappa shape index (κ2) is 3.75. The lowest BCUT2D eigenvalue weighted by Gasteiger charge is -2.28. The van der Waals surface area contributed by atoms with Crippen LogP contribution in [0.3, 0.4) is 0 Å². The summed E-state index contributed by atoms with van der Waals surface area (Å²) in [6, 6.07) is 6.68. The molecule has 0 radical (unpaired) electrons. The standard InChI is InChI=1S/C10H12FNO/c11-9-2-1-3-10(8-9)12-4-6-13-7-5-12/h1-3,8H,4-7H2/i11-1. The molecule has 1 heterocycles. The van der Waals surface area contributed by atoms with Crippen molar-refractivity contribution in [3.63, 3.8) is 0 Å². The van der Waals surface area contributed by atoms with E-state index in [1.165, 1.54) is 6.07 Å². The van der Waals surface area contributed by atoms with Crippen molar-refractivity contribution in [3.05, 3.63) is 30.1 Å². The van der Waals surface area contributed by atoms with E-state index < -0.39 is 0 Å². The van der Waals surface area contributed by atoms with E-state index in [0.29, 0.717) is 0 Å². The molecule has 0 aliphatic carbocycles. The summed E-state index contributed by atoms with van der Waals surface area (Å²) in [6.45, 7) is 3.17. The summed E-state index contributed by atoms with van der Waals surface area (Å²) in [4.78, 5) is 2.13. The molecule has 1 saturated heterocycles. The van der Waals surface area contributed by atoms with Crippen LogP contribution in [0.4, 0.5) is 10.1 Å². The maximum absolute atomic E-state index is 12.9. The number of nitrogens with zero attached hydrogens (tertiary/aromatic N) is 1. The van der Waals surface area contributed by atoms with Gasteiger partial charge in [-0.05, 0) is 18.2 Å². The summed E-state index contributed by atoms with van der Waals surface area (Å²) < 4.78 is 18.1. The molecule has 13 heavy (non-hydrogen) atoms. The molecule has 2 rings (SSSR count). The van der Waals surface area contributed by atoms with Crippen molar-refractivity contribution in [2.45, 2.75) is 0 Å². The Labute approximate surface area is 76.9 Å². The largest absolute Gasteiger partial charge is 0.378 e. The van der Waals surface area contributed by atoms with Gasteiger partial charge in [0.25, 0.3) is 0 Å². The van der Waals surface area contributed by atoms with Gasteiger partial charge >= 0.3 is 0 Å². The van der Waals surface area contributed by atoms with Gasteiger partial charge in [-0.15, -0.1) is 0 Å². The van der Waals surface area contributed by atoms with Crippen molar-refractivity contribution in [2.24, 2.45) is 0 Å². The van der Waals surface area contributed by atoms with E-state index in [9.17, 15) is 4.39 Å². The van der Waals surface area contributed by atoms with Crippen LogP contribution in [0.25, 0.3) is 0 Å². The van der Waals surface area contributed by atoms with Crippen LogP contribution in [0.2, 0.25) is 0 Å². The molecule has 1 fully saturated rings. The number of morpholine rings is 1. The molecule has 2 nitrogen and oxygen atoms in total. The quantitative estimate of drug-likeness (QED) is 0.651. The van der Waals surface area contributed by atoms with E-state index in [0.717, 1.165) is 32.0 Å². The second-order valence-corrected chi connectivity index (χ2v) is 3.08. The smallest absolute Gasteiger partial charge is 0.125 e. The Balaban J connectivity index is 2.14. The molecule has 0 bridgehead atoms. The fraction of sp³-hybridized carbons (Fsp3) is 0.400. The Kier molecular flexibility index (Phi) is 2.45. The van der Waals surface area contributed by atoms with E-state index in [2.05, 4.69) is 4.90 Å². The Morgan fingerprint density at radius 1 is 1.23 bits per heavy atom. The molecule has 0 atom stereocenters. The van der Waals surface area contributed by atoms with Crippen LogP contribution in [0.15, 0.2) is 24.3 Å². The van der Waals surface area contributed by atoms with Crippen molar-refractivity contribution < 1.29 is 9.13 Å². The van der Waals surface area contributed by atoms with Gasteiger partial charge in [-0.3, -0.25) is 0 Å². The Bertz CT molecular complexity index is 284. The topological polar surface area (TPSA) is 12.5 Å². The predicted molar refractivity (Wildman–Crippen MR) is 49.4 cm³/mol. The van der Waals surface area contributed by atoms with Gasteiger partial charge in [-0.1, -0.05) is 6.07 Å². The molecule has 1 aromatic rings. The molecule has 70 valence electrons. The highest BCUT2D eigenvalue weighted by Gasteiger charge is 2.10. The van der Waals surface area contributed by atoms with E-state index in [1.807, 2.05) is 6.07 Å². The van der Waals surface area contributed by atoms with Crippen LogP contribution in [-0.4, -0.2) is 26.3 Å². The van der Waals surface area contributed by atoms with Crippen molar-refractivity contribution in [2.75, 3.05) is 31.2 Å². The highest BCUT2D eigenvalue weighted by molar-refractivity contribution is 5.46. The van der Waals surface area contributed by atoms with Gasteiger partial charge in [-0.25, -0.2) is 4.39 Å². The number of ether oxygens (including phenoxy) is 1. The van der Waals surface area contributed by atoms with Crippen LogP contribution in [0, 0.1) is 5.82 Å². The zero-order valence-electron chi connectivity index (χ0n) is 7.37. The van der Waals surface area contributed by atoms with E-state index in [1.54, 1.807) is 12.1 Å². The molecule has 0 saturated carbocycles. The van der Waals surface area contributed by atoms with Gasteiger partial charge in [0.15, 0.2) is 0 Å². The lowest BCUT2D eigenvalue weighted by Crippen LogP contribution is -2.36. The van der Waals surface area contributed by atoms with Crippen LogP contribution in [0.1, 0.15) is 0 Å². The van der Waals surface area contributed by atoms with E-state index >= 15 is 0 Å². The van der Waals surface area contributed by atoms with Crippen molar-refractivity contribution >= 4 is 5.69 Å².